The largest absolute Gasteiger partial charge is 0.460 e. The zero-order valence-corrected chi connectivity index (χ0v) is 16.4. The first-order valence-corrected chi connectivity index (χ1v) is 10.1. The Bertz CT molecular complexity index is 794. The molecule has 1 unspecified atom stereocenters. The summed E-state index contributed by atoms with van der Waals surface area (Å²) in [7, 11) is 0. The van der Waals surface area contributed by atoms with Crippen LogP contribution in [0.5, 0.6) is 6.01 Å². The third-order valence-corrected chi connectivity index (χ3v) is 5.06. The molecule has 2 aromatic heterocycles. The van der Waals surface area contributed by atoms with Crippen LogP contribution in [0, 0.1) is 0 Å². The fourth-order valence-corrected chi connectivity index (χ4v) is 3.61. The zero-order chi connectivity index (χ0) is 19.2. The summed E-state index contributed by atoms with van der Waals surface area (Å²) >= 11 is 0. The number of aryl methyl sites for hydroxylation is 1. The molecule has 1 saturated heterocycles. The predicted octanol–water partition coefficient (Wildman–Crippen LogP) is 3.01. The predicted molar refractivity (Wildman–Crippen MR) is 105 cm³/mol. The number of imidazole rings is 1. The Morgan fingerprint density at radius 2 is 2.22 bits per heavy atom. The molecule has 2 atom stereocenters. The van der Waals surface area contributed by atoms with Gasteiger partial charge in [0.1, 0.15) is 5.52 Å². The number of hydrogen-bond donors (Lipinski definition) is 2. The quantitative estimate of drug-likeness (QED) is 0.650. The third-order valence-electron chi connectivity index (χ3n) is 5.06. The molecular formula is C19H31N5O3. The molecule has 0 saturated carbocycles. The van der Waals surface area contributed by atoms with E-state index in [0.29, 0.717) is 23.8 Å². The minimum atomic E-state index is -0.210. The Morgan fingerprint density at radius 3 is 2.96 bits per heavy atom. The third kappa shape index (κ3) is 5.00. The van der Waals surface area contributed by atoms with Crippen molar-refractivity contribution in [1.29, 1.82) is 0 Å². The van der Waals surface area contributed by atoms with Crippen LogP contribution in [0.2, 0.25) is 0 Å². The molecule has 150 valence electrons. The SMILES string of the molecule is CCC[C@H](C)Oc1nc(N)c2[nH]c(=O)n(CCCCC3CCCCO3)c2n1. The molecule has 3 rings (SSSR count). The molecular weight excluding hydrogens is 346 g/mol. The molecule has 1 aliphatic heterocycles. The Morgan fingerprint density at radius 1 is 1.37 bits per heavy atom. The maximum atomic E-state index is 12.3. The molecule has 3 N–H and O–H groups in total. The van der Waals surface area contributed by atoms with Crippen LogP contribution in [0.25, 0.3) is 11.2 Å². The topological polar surface area (TPSA) is 108 Å². The van der Waals surface area contributed by atoms with E-state index in [2.05, 4.69) is 21.9 Å². The van der Waals surface area contributed by atoms with E-state index >= 15 is 0 Å². The fourth-order valence-electron chi connectivity index (χ4n) is 3.61. The van der Waals surface area contributed by atoms with Crippen LogP contribution in [0.1, 0.15) is 65.2 Å². The van der Waals surface area contributed by atoms with Crippen molar-refractivity contribution >= 4 is 17.0 Å². The Hall–Kier alpha value is -2.09. The lowest BCUT2D eigenvalue weighted by molar-refractivity contribution is 0.00971. The molecule has 3 heterocycles. The van der Waals surface area contributed by atoms with Crippen molar-refractivity contribution in [3.63, 3.8) is 0 Å². The number of fused-ring (bicyclic) bond motifs is 1. The number of H-pyrrole nitrogens is 1. The number of unbranched alkanes of at least 4 members (excludes halogenated alkanes) is 1. The van der Waals surface area contributed by atoms with Gasteiger partial charge in [-0.2, -0.15) is 9.97 Å². The first-order valence-electron chi connectivity index (χ1n) is 10.1. The molecule has 0 aromatic carbocycles. The van der Waals surface area contributed by atoms with Crippen LogP contribution in [0.4, 0.5) is 5.82 Å². The van der Waals surface area contributed by atoms with E-state index in [9.17, 15) is 4.79 Å². The minimum absolute atomic E-state index is 0.00135. The van der Waals surface area contributed by atoms with Gasteiger partial charge >= 0.3 is 11.7 Å². The molecule has 2 aromatic rings. The average Bonchev–Trinajstić information content (AvgIpc) is 2.96. The maximum Gasteiger partial charge on any atom is 0.327 e. The summed E-state index contributed by atoms with van der Waals surface area (Å²) in [6, 6.07) is 0.226. The summed E-state index contributed by atoms with van der Waals surface area (Å²) in [5.74, 6) is 0.241. The minimum Gasteiger partial charge on any atom is -0.460 e. The standard InChI is InChI=1S/C19H31N5O3/c1-3-8-13(2)27-18-22-16(20)15-17(23-18)24(19(25)21-15)11-6-4-9-14-10-5-7-12-26-14/h13-14H,3-12H2,1-2H3,(H,21,25)(H2,20,22,23)/t13-,14?/m0/s1. The number of ether oxygens (including phenoxy) is 2. The average molecular weight is 377 g/mol. The maximum absolute atomic E-state index is 12.3. The lowest BCUT2D eigenvalue weighted by Gasteiger charge is -2.22. The second-order valence-electron chi connectivity index (χ2n) is 7.37. The Kier molecular flexibility index (Phi) is 6.71. The van der Waals surface area contributed by atoms with Crippen LogP contribution in [-0.4, -0.2) is 38.3 Å². The van der Waals surface area contributed by atoms with Crippen LogP contribution in [-0.2, 0) is 11.3 Å². The van der Waals surface area contributed by atoms with Crippen molar-refractivity contribution in [3.05, 3.63) is 10.5 Å². The van der Waals surface area contributed by atoms with E-state index in [1.807, 2.05) is 6.92 Å². The normalized spacial score (nSPS) is 18.7. The van der Waals surface area contributed by atoms with Gasteiger partial charge in [-0.3, -0.25) is 4.57 Å². The smallest absolute Gasteiger partial charge is 0.327 e. The number of hydrogen-bond acceptors (Lipinski definition) is 6. The molecule has 8 heteroatoms. The Balaban J connectivity index is 1.67. The van der Waals surface area contributed by atoms with Gasteiger partial charge < -0.3 is 20.2 Å². The van der Waals surface area contributed by atoms with Gasteiger partial charge in [-0.05, 0) is 51.9 Å². The Labute approximate surface area is 159 Å². The van der Waals surface area contributed by atoms with Crippen molar-refractivity contribution in [2.45, 2.75) is 84.0 Å². The number of rotatable bonds is 9. The van der Waals surface area contributed by atoms with Crippen molar-refractivity contribution in [2.75, 3.05) is 12.3 Å². The molecule has 0 aliphatic carbocycles. The van der Waals surface area contributed by atoms with Crippen LogP contribution in [0.3, 0.4) is 0 Å². The molecule has 0 bridgehead atoms. The second kappa shape index (κ2) is 9.21. The van der Waals surface area contributed by atoms with Crippen molar-refractivity contribution in [3.8, 4) is 6.01 Å². The van der Waals surface area contributed by atoms with Gasteiger partial charge in [0.15, 0.2) is 11.5 Å². The van der Waals surface area contributed by atoms with Gasteiger partial charge in [-0.25, -0.2) is 4.79 Å². The summed E-state index contributed by atoms with van der Waals surface area (Å²) in [6.07, 6.45) is 8.80. The molecule has 27 heavy (non-hydrogen) atoms. The molecule has 1 aliphatic rings. The summed E-state index contributed by atoms with van der Waals surface area (Å²) in [6.45, 7) is 5.54. The van der Waals surface area contributed by atoms with Crippen molar-refractivity contribution in [1.82, 2.24) is 19.5 Å². The van der Waals surface area contributed by atoms with Crippen molar-refractivity contribution in [2.24, 2.45) is 0 Å². The van der Waals surface area contributed by atoms with Crippen LogP contribution in [0.15, 0.2) is 4.79 Å². The highest BCUT2D eigenvalue weighted by atomic mass is 16.5. The highest BCUT2D eigenvalue weighted by molar-refractivity contribution is 5.81. The lowest BCUT2D eigenvalue weighted by Crippen LogP contribution is -2.20. The first-order chi connectivity index (χ1) is 13.1. The number of aromatic nitrogens is 4. The number of anilines is 1. The fraction of sp³-hybridized carbons (Fsp3) is 0.737. The van der Waals surface area contributed by atoms with E-state index in [1.165, 1.54) is 12.8 Å². The van der Waals surface area contributed by atoms with Gasteiger partial charge in [0.05, 0.1) is 12.2 Å². The molecule has 0 spiro atoms. The number of nitrogens with one attached hydrogen (secondary N) is 1. The highest BCUT2D eigenvalue weighted by Crippen LogP contribution is 2.21. The summed E-state index contributed by atoms with van der Waals surface area (Å²) in [4.78, 5) is 23.7. The summed E-state index contributed by atoms with van der Waals surface area (Å²) in [5, 5.41) is 0. The van der Waals surface area contributed by atoms with Gasteiger partial charge in [0.25, 0.3) is 0 Å². The molecule has 1 fully saturated rings. The van der Waals surface area contributed by atoms with Gasteiger partial charge in [0.2, 0.25) is 0 Å². The van der Waals surface area contributed by atoms with Crippen molar-refractivity contribution < 1.29 is 9.47 Å². The number of nitrogens with two attached hydrogens (primary N) is 1. The van der Waals surface area contributed by atoms with Crippen LogP contribution >= 0.6 is 0 Å². The summed E-state index contributed by atoms with van der Waals surface area (Å²) < 4.78 is 13.2. The van der Waals surface area contributed by atoms with E-state index in [-0.39, 0.29) is 23.6 Å². The van der Waals surface area contributed by atoms with E-state index in [4.69, 9.17) is 15.2 Å². The zero-order valence-electron chi connectivity index (χ0n) is 16.4. The molecule has 0 radical (unpaired) electrons. The molecule has 8 nitrogen and oxygen atoms in total. The van der Waals surface area contributed by atoms with E-state index in [0.717, 1.165) is 45.1 Å². The van der Waals surface area contributed by atoms with E-state index in [1.54, 1.807) is 4.57 Å². The molecule has 0 amide bonds. The summed E-state index contributed by atoms with van der Waals surface area (Å²) in [5.41, 5.74) is 6.79. The number of nitrogen functional groups attached to an aromatic ring is 1. The van der Waals surface area contributed by atoms with Crippen LogP contribution < -0.4 is 16.2 Å². The van der Waals surface area contributed by atoms with Gasteiger partial charge in [0, 0.05) is 13.2 Å². The van der Waals surface area contributed by atoms with Gasteiger partial charge in [-0.1, -0.05) is 13.3 Å². The monoisotopic (exact) mass is 377 g/mol. The second-order valence-corrected chi connectivity index (χ2v) is 7.37. The lowest BCUT2D eigenvalue weighted by atomic mass is 10.0. The highest BCUT2D eigenvalue weighted by Gasteiger charge is 2.17. The first kappa shape index (κ1) is 19.7. The number of aromatic amines is 1. The number of nitrogens with zero attached hydrogens (tertiary/aromatic N) is 3. The van der Waals surface area contributed by atoms with E-state index < -0.39 is 0 Å². The van der Waals surface area contributed by atoms with Gasteiger partial charge in [-0.15, -0.1) is 0 Å².